The number of fused-ring (bicyclic) bond motifs is 1. The number of nitrogens with zero attached hydrogens (tertiary/aromatic N) is 2. The van der Waals surface area contributed by atoms with Crippen LogP contribution in [-0.2, 0) is 4.79 Å². The van der Waals surface area contributed by atoms with Gasteiger partial charge < -0.3 is 14.8 Å². The minimum Gasteiger partial charge on any atom is -0.351 e. The number of aromatic amines is 1. The van der Waals surface area contributed by atoms with E-state index in [1.54, 1.807) is 0 Å². The molecule has 116 valence electrons. The van der Waals surface area contributed by atoms with E-state index in [0.29, 0.717) is 31.7 Å². The fourth-order valence-electron chi connectivity index (χ4n) is 3.05. The first-order valence-corrected chi connectivity index (χ1v) is 7.76. The standard InChI is InChI=1S/C17H21N3O2/c1-3-16(21)19-8-9-20(12(2)11-19)17(22)15-10-13-6-4-5-7-14(13)18-15/h4-7,10,12,18H,3,8-9,11H2,1-2H3. The minimum absolute atomic E-state index is 0.00676. The first kappa shape index (κ1) is 14.6. The van der Waals surface area contributed by atoms with Crippen LogP contribution in [0.2, 0.25) is 0 Å². The SMILES string of the molecule is CCC(=O)N1CCN(C(=O)c2cc3ccccc3[nH]2)C(C)C1. The Kier molecular flexibility index (Phi) is 3.88. The summed E-state index contributed by atoms with van der Waals surface area (Å²) in [6, 6.07) is 9.79. The molecule has 1 N–H and O–H groups in total. The molecule has 1 aromatic carbocycles. The summed E-state index contributed by atoms with van der Waals surface area (Å²) in [6.07, 6.45) is 0.517. The lowest BCUT2D eigenvalue weighted by Gasteiger charge is -2.39. The second-order valence-corrected chi connectivity index (χ2v) is 5.81. The topological polar surface area (TPSA) is 56.4 Å². The number of aromatic nitrogens is 1. The van der Waals surface area contributed by atoms with Gasteiger partial charge in [0.15, 0.2) is 0 Å². The first-order chi connectivity index (χ1) is 10.6. The van der Waals surface area contributed by atoms with Gasteiger partial charge in [-0.15, -0.1) is 0 Å². The highest BCUT2D eigenvalue weighted by atomic mass is 16.2. The largest absolute Gasteiger partial charge is 0.351 e. The Bertz CT molecular complexity index is 674. The second kappa shape index (κ2) is 5.83. The molecule has 1 saturated heterocycles. The van der Waals surface area contributed by atoms with Crippen molar-refractivity contribution in [3.63, 3.8) is 0 Å². The van der Waals surface area contributed by atoms with Crippen LogP contribution < -0.4 is 0 Å². The normalized spacial score (nSPS) is 18.7. The molecule has 2 aromatic rings. The average Bonchev–Trinajstić information content (AvgIpc) is 2.97. The van der Waals surface area contributed by atoms with Crippen LogP contribution in [0.3, 0.4) is 0 Å². The second-order valence-electron chi connectivity index (χ2n) is 5.81. The summed E-state index contributed by atoms with van der Waals surface area (Å²) in [5.41, 5.74) is 1.58. The molecule has 1 fully saturated rings. The van der Waals surface area contributed by atoms with Gasteiger partial charge in [0.2, 0.25) is 5.91 Å². The van der Waals surface area contributed by atoms with Crippen LogP contribution in [-0.4, -0.2) is 52.3 Å². The number of para-hydroxylation sites is 1. The summed E-state index contributed by atoms with van der Waals surface area (Å²) in [5.74, 6) is 0.164. The van der Waals surface area contributed by atoms with Crippen molar-refractivity contribution in [2.75, 3.05) is 19.6 Å². The third-order valence-electron chi connectivity index (χ3n) is 4.30. The Hall–Kier alpha value is -2.30. The fraction of sp³-hybridized carbons (Fsp3) is 0.412. The van der Waals surface area contributed by atoms with Crippen molar-refractivity contribution >= 4 is 22.7 Å². The van der Waals surface area contributed by atoms with Crippen LogP contribution >= 0.6 is 0 Å². The van der Waals surface area contributed by atoms with Gasteiger partial charge in [-0.2, -0.15) is 0 Å². The van der Waals surface area contributed by atoms with E-state index in [1.807, 2.05) is 54.0 Å². The minimum atomic E-state index is 0.00676. The van der Waals surface area contributed by atoms with Gasteiger partial charge in [-0.1, -0.05) is 25.1 Å². The smallest absolute Gasteiger partial charge is 0.270 e. The number of rotatable bonds is 2. The first-order valence-electron chi connectivity index (χ1n) is 7.76. The lowest BCUT2D eigenvalue weighted by Crippen LogP contribution is -2.55. The Morgan fingerprint density at radius 3 is 2.73 bits per heavy atom. The van der Waals surface area contributed by atoms with Crippen LogP contribution in [0.1, 0.15) is 30.8 Å². The highest BCUT2D eigenvalue weighted by Crippen LogP contribution is 2.19. The van der Waals surface area contributed by atoms with Gasteiger partial charge in [-0.25, -0.2) is 0 Å². The van der Waals surface area contributed by atoms with Gasteiger partial charge in [0.25, 0.3) is 5.91 Å². The monoisotopic (exact) mass is 299 g/mol. The third kappa shape index (κ3) is 2.58. The molecule has 3 rings (SSSR count). The van der Waals surface area contributed by atoms with Crippen LogP contribution in [0.4, 0.5) is 0 Å². The number of carbonyl (C=O) groups excluding carboxylic acids is 2. The van der Waals surface area contributed by atoms with Gasteiger partial charge >= 0.3 is 0 Å². The zero-order valence-electron chi connectivity index (χ0n) is 13.0. The summed E-state index contributed by atoms with van der Waals surface area (Å²) in [4.78, 5) is 31.4. The van der Waals surface area contributed by atoms with Crippen molar-refractivity contribution in [2.45, 2.75) is 26.3 Å². The Morgan fingerprint density at radius 1 is 1.27 bits per heavy atom. The molecule has 0 radical (unpaired) electrons. The van der Waals surface area contributed by atoms with E-state index in [1.165, 1.54) is 0 Å². The van der Waals surface area contributed by atoms with Crippen molar-refractivity contribution in [3.05, 3.63) is 36.0 Å². The number of piperazine rings is 1. The van der Waals surface area contributed by atoms with Crippen LogP contribution in [0.25, 0.3) is 10.9 Å². The molecule has 0 aliphatic carbocycles. The Balaban J connectivity index is 1.76. The number of hydrogen-bond acceptors (Lipinski definition) is 2. The number of carbonyl (C=O) groups is 2. The maximum Gasteiger partial charge on any atom is 0.270 e. The molecule has 1 unspecified atom stereocenters. The summed E-state index contributed by atoms with van der Waals surface area (Å²) < 4.78 is 0. The van der Waals surface area contributed by atoms with E-state index in [9.17, 15) is 9.59 Å². The van der Waals surface area contributed by atoms with E-state index in [-0.39, 0.29) is 17.9 Å². The maximum atomic E-state index is 12.7. The third-order valence-corrected chi connectivity index (χ3v) is 4.30. The molecular formula is C17H21N3O2. The summed E-state index contributed by atoms with van der Waals surface area (Å²) in [7, 11) is 0. The van der Waals surface area contributed by atoms with Crippen LogP contribution in [0.15, 0.2) is 30.3 Å². The lowest BCUT2D eigenvalue weighted by molar-refractivity contribution is -0.133. The number of H-pyrrole nitrogens is 1. The molecule has 5 heteroatoms. The molecule has 5 nitrogen and oxygen atoms in total. The summed E-state index contributed by atoms with van der Waals surface area (Å²) in [6.45, 7) is 5.67. The quantitative estimate of drug-likeness (QED) is 0.924. The van der Waals surface area contributed by atoms with Gasteiger partial charge in [0, 0.05) is 43.0 Å². The molecular weight excluding hydrogens is 278 g/mol. The fourth-order valence-corrected chi connectivity index (χ4v) is 3.05. The summed E-state index contributed by atoms with van der Waals surface area (Å²) in [5, 5.41) is 1.04. The number of nitrogens with one attached hydrogen (secondary N) is 1. The molecule has 22 heavy (non-hydrogen) atoms. The van der Waals surface area contributed by atoms with Gasteiger partial charge in [0.05, 0.1) is 0 Å². The van der Waals surface area contributed by atoms with E-state index in [0.717, 1.165) is 10.9 Å². The molecule has 2 amide bonds. The average molecular weight is 299 g/mol. The van der Waals surface area contributed by atoms with Crippen molar-refractivity contribution in [1.29, 1.82) is 0 Å². The highest BCUT2D eigenvalue weighted by Gasteiger charge is 2.30. The van der Waals surface area contributed by atoms with Crippen molar-refractivity contribution in [2.24, 2.45) is 0 Å². The lowest BCUT2D eigenvalue weighted by atomic mass is 10.1. The molecule has 1 aromatic heterocycles. The molecule has 2 heterocycles. The predicted octanol–water partition coefficient (Wildman–Crippen LogP) is 2.25. The zero-order valence-corrected chi connectivity index (χ0v) is 13.0. The van der Waals surface area contributed by atoms with E-state index in [4.69, 9.17) is 0 Å². The molecule has 1 aliphatic heterocycles. The van der Waals surface area contributed by atoms with Crippen molar-refractivity contribution in [1.82, 2.24) is 14.8 Å². The summed E-state index contributed by atoms with van der Waals surface area (Å²) >= 11 is 0. The van der Waals surface area contributed by atoms with E-state index in [2.05, 4.69) is 4.98 Å². The van der Waals surface area contributed by atoms with Gasteiger partial charge in [-0.05, 0) is 19.1 Å². The molecule has 0 spiro atoms. The molecule has 0 bridgehead atoms. The van der Waals surface area contributed by atoms with E-state index < -0.39 is 0 Å². The molecule has 1 aliphatic rings. The number of hydrogen-bond donors (Lipinski definition) is 1. The number of amides is 2. The number of benzene rings is 1. The van der Waals surface area contributed by atoms with E-state index >= 15 is 0 Å². The van der Waals surface area contributed by atoms with Crippen LogP contribution in [0, 0.1) is 0 Å². The van der Waals surface area contributed by atoms with Crippen molar-refractivity contribution in [3.8, 4) is 0 Å². The van der Waals surface area contributed by atoms with Gasteiger partial charge in [0.1, 0.15) is 5.69 Å². The molecule has 0 saturated carbocycles. The van der Waals surface area contributed by atoms with Gasteiger partial charge in [-0.3, -0.25) is 9.59 Å². The van der Waals surface area contributed by atoms with Crippen LogP contribution in [0.5, 0.6) is 0 Å². The predicted molar refractivity (Wildman–Crippen MR) is 85.7 cm³/mol. The van der Waals surface area contributed by atoms with Crippen molar-refractivity contribution < 1.29 is 9.59 Å². The highest BCUT2D eigenvalue weighted by molar-refractivity contribution is 5.98. The zero-order chi connectivity index (χ0) is 15.7. The maximum absolute atomic E-state index is 12.7. The molecule has 1 atom stereocenters. The Morgan fingerprint density at radius 2 is 2.05 bits per heavy atom. The Labute approximate surface area is 129 Å².